The molecule has 4 aromatic rings. The third-order valence-electron chi connectivity index (χ3n) is 9.89. The van der Waals surface area contributed by atoms with Gasteiger partial charge >= 0.3 is 0 Å². The van der Waals surface area contributed by atoms with Crippen molar-refractivity contribution in [1.29, 1.82) is 0 Å². The Balaban J connectivity index is 1.78. The Bertz CT molecular complexity index is 1250. The number of hydrogen-bond acceptors (Lipinski definition) is 0. The normalized spacial score (nSPS) is 13.2. The molecule has 0 aliphatic rings. The lowest BCUT2D eigenvalue weighted by atomic mass is 9.86. The van der Waals surface area contributed by atoms with E-state index >= 15 is 0 Å². The lowest BCUT2D eigenvalue weighted by Crippen LogP contribution is -2.00. The van der Waals surface area contributed by atoms with Gasteiger partial charge in [-0.05, 0) is 85.0 Å². The summed E-state index contributed by atoms with van der Waals surface area (Å²) in [5, 5.41) is 2.90. The third-order valence-corrected chi connectivity index (χ3v) is 9.89. The number of para-hydroxylation sites is 1. The van der Waals surface area contributed by atoms with Crippen LogP contribution in [0.4, 0.5) is 0 Å². The highest BCUT2D eigenvalue weighted by molar-refractivity contribution is 6.09. The van der Waals surface area contributed by atoms with Crippen molar-refractivity contribution in [3.8, 4) is 5.69 Å². The summed E-state index contributed by atoms with van der Waals surface area (Å²) in [5.41, 5.74) is 7.10. The first-order valence-electron chi connectivity index (χ1n) is 18.3. The Hall–Kier alpha value is -2.54. The summed E-state index contributed by atoms with van der Waals surface area (Å²) >= 11 is 0. The van der Waals surface area contributed by atoms with Crippen LogP contribution in [0.25, 0.3) is 27.5 Å². The average Bonchev–Trinajstić information content (AvgIpc) is 3.37. The van der Waals surface area contributed by atoms with E-state index in [1.807, 2.05) is 0 Å². The Kier molecular flexibility index (Phi) is 14.2. The number of aromatic nitrogens is 1. The summed E-state index contributed by atoms with van der Waals surface area (Å²) in [7, 11) is 0. The summed E-state index contributed by atoms with van der Waals surface area (Å²) < 4.78 is 2.51. The minimum absolute atomic E-state index is 0.673. The van der Waals surface area contributed by atoms with Gasteiger partial charge in [0.1, 0.15) is 0 Å². The van der Waals surface area contributed by atoms with Gasteiger partial charge in [-0.2, -0.15) is 0 Å². The van der Waals surface area contributed by atoms with Gasteiger partial charge < -0.3 is 4.57 Å². The Morgan fingerprint density at radius 1 is 0.442 bits per heavy atom. The van der Waals surface area contributed by atoms with Crippen LogP contribution in [-0.4, -0.2) is 4.57 Å². The first-order chi connectivity index (χ1) is 21.2. The highest BCUT2D eigenvalue weighted by atomic mass is 15.0. The fourth-order valence-corrected chi connectivity index (χ4v) is 7.29. The Labute approximate surface area is 264 Å². The van der Waals surface area contributed by atoms with Crippen LogP contribution < -0.4 is 0 Å². The predicted molar refractivity (Wildman–Crippen MR) is 192 cm³/mol. The predicted octanol–water partition coefficient (Wildman–Crippen LogP) is 14.1. The molecule has 0 fully saturated rings. The maximum Gasteiger partial charge on any atom is 0.0541 e. The van der Waals surface area contributed by atoms with Crippen LogP contribution in [0.5, 0.6) is 0 Å². The van der Waals surface area contributed by atoms with Crippen LogP contribution in [0.15, 0.2) is 66.7 Å². The molecule has 0 N–H and O–H groups in total. The summed E-state index contributed by atoms with van der Waals surface area (Å²) in [4.78, 5) is 0. The van der Waals surface area contributed by atoms with Crippen LogP contribution in [0, 0.1) is 0 Å². The molecule has 0 radical (unpaired) electrons. The fraction of sp³-hybridized carbons (Fsp3) is 0.571. The van der Waals surface area contributed by atoms with Crippen LogP contribution >= 0.6 is 0 Å². The van der Waals surface area contributed by atoms with Gasteiger partial charge in [-0.15, -0.1) is 0 Å². The molecule has 0 amide bonds. The summed E-state index contributed by atoms with van der Waals surface area (Å²) in [6.45, 7) is 9.31. The summed E-state index contributed by atoms with van der Waals surface area (Å²) in [6, 6.07) is 26.1. The fourth-order valence-electron chi connectivity index (χ4n) is 7.29. The van der Waals surface area contributed by atoms with Crippen molar-refractivity contribution >= 4 is 21.8 Å². The van der Waals surface area contributed by atoms with Gasteiger partial charge in [0, 0.05) is 16.5 Å². The second-order valence-corrected chi connectivity index (χ2v) is 13.3. The first kappa shape index (κ1) is 33.4. The minimum Gasteiger partial charge on any atom is -0.309 e. The third kappa shape index (κ3) is 9.23. The highest BCUT2D eigenvalue weighted by Gasteiger charge is 2.19. The van der Waals surface area contributed by atoms with E-state index in [4.69, 9.17) is 0 Å². The zero-order valence-corrected chi connectivity index (χ0v) is 28.2. The zero-order chi connectivity index (χ0) is 30.3. The van der Waals surface area contributed by atoms with Gasteiger partial charge in [0.25, 0.3) is 0 Å². The van der Waals surface area contributed by atoms with Crippen molar-refractivity contribution in [3.63, 3.8) is 0 Å². The second kappa shape index (κ2) is 18.3. The van der Waals surface area contributed by atoms with E-state index in [1.165, 1.54) is 143 Å². The molecule has 2 atom stereocenters. The van der Waals surface area contributed by atoms with Crippen LogP contribution in [-0.2, 0) is 0 Å². The SMILES string of the molecule is CCCCCCC(CCCCC)c1ccc2c(c1)c1cc(C(CCCCC)CCCCCC)ccc1n2-c1ccccc1. The van der Waals surface area contributed by atoms with E-state index in [2.05, 4.69) is 99.0 Å². The van der Waals surface area contributed by atoms with Crippen molar-refractivity contribution in [2.45, 2.75) is 155 Å². The van der Waals surface area contributed by atoms with Gasteiger partial charge in [-0.25, -0.2) is 0 Å². The van der Waals surface area contributed by atoms with Crippen molar-refractivity contribution in [3.05, 3.63) is 77.9 Å². The molecule has 234 valence electrons. The van der Waals surface area contributed by atoms with Crippen LogP contribution in [0.1, 0.15) is 166 Å². The lowest BCUT2D eigenvalue weighted by molar-refractivity contribution is 0.501. The molecule has 0 saturated heterocycles. The van der Waals surface area contributed by atoms with E-state index < -0.39 is 0 Å². The second-order valence-electron chi connectivity index (χ2n) is 13.3. The van der Waals surface area contributed by atoms with Gasteiger partial charge in [-0.3, -0.25) is 0 Å². The largest absolute Gasteiger partial charge is 0.309 e. The quantitative estimate of drug-likeness (QED) is 0.0865. The number of nitrogens with zero attached hydrogens (tertiary/aromatic N) is 1. The number of fused-ring (bicyclic) bond motifs is 3. The molecule has 4 rings (SSSR count). The van der Waals surface area contributed by atoms with Gasteiger partial charge in [-0.1, -0.05) is 148 Å². The molecule has 0 aliphatic carbocycles. The maximum absolute atomic E-state index is 2.60. The van der Waals surface area contributed by atoms with Gasteiger partial charge in [0.2, 0.25) is 0 Å². The zero-order valence-electron chi connectivity index (χ0n) is 28.2. The number of rotatable bonds is 21. The molecular formula is C42H61N. The molecule has 0 bridgehead atoms. The highest BCUT2D eigenvalue weighted by Crippen LogP contribution is 2.39. The molecule has 1 aromatic heterocycles. The summed E-state index contributed by atoms with van der Waals surface area (Å²) in [5.74, 6) is 1.35. The van der Waals surface area contributed by atoms with Crippen molar-refractivity contribution < 1.29 is 0 Å². The van der Waals surface area contributed by atoms with Gasteiger partial charge in [0.15, 0.2) is 0 Å². The number of benzene rings is 3. The molecule has 1 heterocycles. The molecule has 3 aromatic carbocycles. The van der Waals surface area contributed by atoms with Gasteiger partial charge in [0.05, 0.1) is 11.0 Å². The Morgan fingerprint density at radius 2 is 0.837 bits per heavy atom. The van der Waals surface area contributed by atoms with E-state index in [1.54, 1.807) is 11.1 Å². The Morgan fingerprint density at radius 3 is 1.26 bits per heavy atom. The smallest absolute Gasteiger partial charge is 0.0541 e. The molecule has 0 saturated carbocycles. The monoisotopic (exact) mass is 579 g/mol. The van der Waals surface area contributed by atoms with Crippen molar-refractivity contribution in [1.82, 2.24) is 4.57 Å². The lowest BCUT2D eigenvalue weighted by Gasteiger charge is -2.18. The molecular weight excluding hydrogens is 518 g/mol. The summed E-state index contributed by atoms with van der Waals surface area (Å²) in [6.07, 6.45) is 24.1. The molecule has 0 aliphatic heterocycles. The molecule has 2 unspecified atom stereocenters. The molecule has 43 heavy (non-hydrogen) atoms. The van der Waals surface area contributed by atoms with E-state index in [-0.39, 0.29) is 0 Å². The minimum atomic E-state index is 0.673. The number of unbranched alkanes of at least 4 members (excludes halogenated alkanes) is 10. The van der Waals surface area contributed by atoms with Crippen LogP contribution in [0.2, 0.25) is 0 Å². The van der Waals surface area contributed by atoms with Crippen molar-refractivity contribution in [2.24, 2.45) is 0 Å². The van der Waals surface area contributed by atoms with E-state index in [0.29, 0.717) is 11.8 Å². The van der Waals surface area contributed by atoms with Crippen LogP contribution in [0.3, 0.4) is 0 Å². The average molecular weight is 580 g/mol. The standard InChI is InChI=1S/C42H61N/c1-5-9-13-18-24-34(22-16-11-7-3)36-28-30-41-39(32-36)40-33-37(35(23-17-12-8-4)25-19-14-10-6-2)29-31-42(40)43(41)38-26-20-15-21-27-38/h15,20-21,26-35H,5-14,16-19,22-25H2,1-4H3. The molecule has 0 spiro atoms. The van der Waals surface area contributed by atoms with E-state index in [9.17, 15) is 0 Å². The topological polar surface area (TPSA) is 4.93 Å². The molecule has 1 nitrogen and oxygen atoms in total. The molecule has 1 heteroatoms. The maximum atomic E-state index is 2.60. The first-order valence-corrected chi connectivity index (χ1v) is 18.3. The van der Waals surface area contributed by atoms with E-state index in [0.717, 1.165) is 0 Å². The number of hydrogen-bond donors (Lipinski definition) is 0. The van der Waals surface area contributed by atoms with Crippen molar-refractivity contribution in [2.75, 3.05) is 0 Å².